The monoisotopic (exact) mass is 370 g/mol. The number of hydrogen-bond donors (Lipinski definition) is 1. The van der Waals surface area contributed by atoms with Gasteiger partial charge in [0.2, 0.25) is 5.91 Å². The number of carbonyl (C=O) groups is 1. The molecule has 0 bridgehead atoms. The lowest BCUT2D eigenvalue weighted by atomic mass is 9.96. The number of nitrogens with one attached hydrogen (secondary N) is 1. The molecule has 0 radical (unpaired) electrons. The Morgan fingerprint density at radius 2 is 1.93 bits per heavy atom. The molecule has 1 fully saturated rings. The maximum atomic E-state index is 12.2. The van der Waals surface area contributed by atoms with Crippen LogP contribution in [0.5, 0.6) is 5.75 Å². The van der Waals surface area contributed by atoms with Crippen LogP contribution in [0.25, 0.3) is 11.3 Å². The SMILES string of the molecule is COCCNC(=O)C1CCN(c2cc(-c3ccc(OC)cc3)ncn2)CC1. The average Bonchev–Trinajstić information content (AvgIpc) is 2.74. The first kappa shape index (κ1) is 19.1. The minimum Gasteiger partial charge on any atom is -0.497 e. The van der Waals surface area contributed by atoms with Crippen molar-refractivity contribution >= 4 is 11.7 Å². The van der Waals surface area contributed by atoms with E-state index in [2.05, 4.69) is 20.2 Å². The Hall–Kier alpha value is -2.67. The third-order valence-corrected chi connectivity index (χ3v) is 4.83. The van der Waals surface area contributed by atoms with Crippen molar-refractivity contribution in [3.05, 3.63) is 36.7 Å². The van der Waals surface area contributed by atoms with Crippen molar-refractivity contribution in [1.29, 1.82) is 0 Å². The summed E-state index contributed by atoms with van der Waals surface area (Å²) in [7, 11) is 3.28. The van der Waals surface area contributed by atoms with Gasteiger partial charge < -0.3 is 19.7 Å². The first-order valence-electron chi connectivity index (χ1n) is 9.19. The van der Waals surface area contributed by atoms with Crippen molar-refractivity contribution in [1.82, 2.24) is 15.3 Å². The van der Waals surface area contributed by atoms with Gasteiger partial charge in [-0.1, -0.05) is 0 Å². The molecular weight excluding hydrogens is 344 g/mol. The van der Waals surface area contributed by atoms with Crippen LogP contribution in [-0.2, 0) is 9.53 Å². The molecule has 1 amide bonds. The van der Waals surface area contributed by atoms with Gasteiger partial charge in [0.05, 0.1) is 19.4 Å². The van der Waals surface area contributed by atoms with E-state index in [0.717, 1.165) is 48.8 Å². The van der Waals surface area contributed by atoms with Gasteiger partial charge in [-0.2, -0.15) is 0 Å². The second kappa shape index (κ2) is 9.32. The second-order valence-corrected chi connectivity index (χ2v) is 6.54. The van der Waals surface area contributed by atoms with Gasteiger partial charge in [0.25, 0.3) is 0 Å². The molecular formula is C20H26N4O3. The highest BCUT2D eigenvalue weighted by Crippen LogP contribution is 2.26. The van der Waals surface area contributed by atoms with E-state index in [1.807, 2.05) is 30.3 Å². The van der Waals surface area contributed by atoms with E-state index < -0.39 is 0 Å². The number of hydrogen-bond acceptors (Lipinski definition) is 6. The number of piperidine rings is 1. The van der Waals surface area contributed by atoms with Crippen molar-refractivity contribution < 1.29 is 14.3 Å². The van der Waals surface area contributed by atoms with E-state index in [1.165, 1.54) is 0 Å². The molecule has 7 nitrogen and oxygen atoms in total. The normalized spacial score (nSPS) is 14.8. The van der Waals surface area contributed by atoms with E-state index in [1.54, 1.807) is 20.5 Å². The van der Waals surface area contributed by atoms with Crippen molar-refractivity contribution in [2.75, 3.05) is 45.4 Å². The maximum Gasteiger partial charge on any atom is 0.223 e. The first-order valence-corrected chi connectivity index (χ1v) is 9.19. The van der Waals surface area contributed by atoms with Gasteiger partial charge in [0.15, 0.2) is 0 Å². The number of aromatic nitrogens is 2. The number of ether oxygens (including phenoxy) is 2. The fourth-order valence-electron chi connectivity index (χ4n) is 3.23. The van der Waals surface area contributed by atoms with Gasteiger partial charge in [-0.05, 0) is 37.1 Å². The molecule has 27 heavy (non-hydrogen) atoms. The lowest BCUT2D eigenvalue weighted by Gasteiger charge is -2.32. The molecule has 3 rings (SSSR count). The van der Waals surface area contributed by atoms with Gasteiger partial charge in [-0.3, -0.25) is 4.79 Å². The molecule has 2 aromatic rings. The summed E-state index contributed by atoms with van der Waals surface area (Å²) < 4.78 is 10.2. The quantitative estimate of drug-likeness (QED) is 0.753. The minimum absolute atomic E-state index is 0.0565. The van der Waals surface area contributed by atoms with Crippen molar-refractivity contribution in [2.24, 2.45) is 5.92 Å². The third-order valence-electron chi connectivity index (χ3n) is 4.83. The smallest absolute Gasteiger partial charge is 0.223 e. The number of anilines is 1. The van der Waals surface area contributed by atoms with Gasteiger partial charge in [0, 0.05) is 44.3 Å². The minimum atomic E-state index is 0.0565. The summed E-state index contributed by atoms with van der Waals surface area (Å²) in [6, 6.07) is 9.82. The van der Waals surface area contributed by atoms with Crippen LogP contribution >= 0.6 is 0 Å². The van der Waals surface area contributed by atoms with Gasteiger partial charge in [0.1, 0.15) is 17.9 Å². The van der Waals surface area contributed by atoms with Gasteiger partial charge in [-0.25, -0.2) is 9.97 Å². The zero-order valence-corrected chi connectivity index (χ0v) is 15.9. The van der Waals surface area contributed by atoms with Crippen LogP contribution in [-0.4, -0.2) is 56.3 Å². The molecule has 1 aromatic heterocycles. The predicted molar refractivity (Wildman–Crippen MR) is 104 cm³/mol. The zero-order valence-electron chi connectivity index (χ0n) is 15.9. The second-order valence-electron chi connectivity index (χ2n) is 6.54. The van der Waals surface area contributed by atoms with Crippen LogP contribution in [0.1, 0.15) is 12.8 Å². The molecule has 2 heterocycles. The Morgan fingerprint density at radius 3 is 2.59 bits per heavy atom. The van der Waals surface area contributed by atoms with Gasteiger partial charge >= 0.3 is 0 Å². The van der Waals surface area contributed by atoms with Crippen LogP contribution in [0.2, 0.25) is 0 Å². The van der Waals surface area contributed by atoms with Crippen molar-refractivity contribution in [3.8, 4) is 17.0 Å². The number of rotatable bonds is 7. The summed E-state index contributed by atoms with van der Waals surface area (Å²) in [5.74, 6) is 1.89. The fraction of sp³-hybridized carbons (Fsp3) is 0.450. The highest BCUT2D eigenvalue weighted by Gasteiger charge is 2.25. The fourth-order valence-corrected chi connectivity index (χ4v) is 3.23. The summed E-state index contributed by atoms with van der Waals surface area (Å²) in [6.07, 6.45) is 3.24. The summed E-state index contributed by atoms with van der Waals surface area (Å²) in [5.41, 5.74) is 1.90. The molecule has 7 heteroatoms. The number of nitrogens with zero attached hydrogens (tertiary/aromatic N) is 3. The topological polar surface area (TPSA) is 76.6 Å². The van der Waals surface area contributed by atoms with E-state index in [9.17, 15) is 4.79 Å². The van der Waals surface area contributed by atoms with Crippen LogP contribution < -0.4 is 15.0 Å². The summed E-state index contributed by atoms with van der Waals surface area (Å²) in [6.45, 7) is 2.72. The van der Waals surface area contributed by atoms with E-state index >= 15 is 0 Å². The molecule has 144 valence electrons. The van der Waals surface area contributed by atoms with E-state index in [0.29, 0.717) is 13.2 Å². The van der Waals surface area contributed by atoms with E-state index in [-0.39, 0.29) is 11.8 Å². The first-order chi connectivity index (χ1) is 13.2. The molecule has 1 aromatic carbocycles. The molecule has 0 spiro atoms. The largest absolute Gasteiger partial charge is 0.497 e. The Bertz CT molecular complexity index is 743. The molecule has 1 aliphatic heterocycles. The molecule has 0 saturated carbocycles. The lowest BCUT2D eigenvalue weighted by Crippen LogP contribution is -2.41. The van der Waals surface area contributed by atoms with Crippen LogP contribution in [0.15, 0.2) is 36.7 Å². The molecule has 1 N–H and O–H groups in total. The molecule has 0 atom stereocenters. The highest BCUT2D eigenvalue weighted by molar-refractivity contribution is 5.79. The Kier molecular flexibility index (Phi) is 6.59. The summed E-state index contributed by atoms with van der Waals surface area (Å²) >= 11 is 0. The number of benzene rings is 1. The van der Waals surface area contributed by atoms with Crippen LogP contribution in [0.3, 0.4) is 0 Å². The number of carbonyl (C=O) groups excluding carboxylic acids is 1. The third kappa shape index (κ3) is 4.95. The predicted octanol–water partition coefficient (Wildman–Crippen LogP) is 2.13. The standard InChI is InChI=1S/C20H26N4O3/c1-26-12-9-21-20(25)16-7-10-24(11-8-16)19-13-18(22-14-23-19)15-3-5-17(27-2)6-4-15/h3-6,13-14,16H,7-12H2,1-2H3,(H,21,25). The summed E-state index contributed by atoms with van der Waals surface area (Å²) in [5, 5.41) is 2.93. The average molecular weight is 370 g/mol. The van der Waals surface area contributed by atoms with Crippen molar-refractivity contribution in [2.45, 2.75) is 12.8 Å². The molecule has 1 saturated heterocycles. The Balaban J connectivity index is 1.60. The highest BCUT2D eigenvalue weighted by atomic mass is 16.5. The van der Waals surface area contributed by atoms with Gasteiger partial charge in [-0.15, -0.1) is 0 Å². The lowest BCUT2D eigenvalue weighted by molar-refractivity contribution is -0.125. The molecule has 1 aliphatic rings. The summed E-state index contributed by atoms with van der Waals surface area (Å²) in [4.78, 5) is 23.2. The van der Waals surface area contributed by atoms with Crippen molar-refractivity contribution in [3.63, 3.8) is 0 Å². The zero-order chi connectivity index (χ0) is 19.1. The van der Waals surface area contributed by atoms with Crippen LogP contribution in [0.4, 0.5) is 5.82 Å². The molecule has 0 aliphatic carbocycles. The number of amides is 1. The van der Waals surface area contributed by atoms with Crippen LogP contribution in [0, 0.1) is 5.92 Å². The Morgan fingerprint density at radius 1 is 1.19 bits per heavy atom. The maximum absolute atomic E-state index is 12.2. The number of methoxy groups -OCH3 is 2. The molecule has 0 unspecified atom stereocenters. The van der Waals surface area contributed by atoms with E-state index in [4.69, 9.17) is 9.47 Å². The Labute approximate surface area is 159 Å².